The van der Waals surface area contributed by atoms with Crippen molar-refractivity contribution in [1.82, 2.24) is 5.32 Å². The number of aliphatic carboxylic acids is 1. The van der Waals surface area contributed by atoms with Crippen molar-refractivity contribution in [2.75, 3.05) is 13.2 Å². The summed E-state index contributed by atoms with van der Waals surface area (Å²) in [4.78, 5) is 23.8. The minimum Gasteiger partial charge on any atom is -0.481 e. The second-order valence-corrected chi connectivity index (χ2v) is 7.05. The molecule has 0 aromatic carbocycles. The number of allylic oxidation sites excluding steroid dienone is 2. The Morgan fingerprint density at radius 2 is 1.86 bits per heavy atom. The molecule has 2 aliphatic carbocycles. The lowest BCUT2D eigenvalue weighted by atomic mass is 9.82. The molecular weight excluding hydrogens is 270 g/mol. The maximum Gasteiger partial charge on any atom is 0.307 e. The summed E-state index contributed by atoms with van der Waals surface area (Å²) in [7, 11) is 0. The van der Waals surface area contributed by atoms with Crippen LogP contribution in [0.2, 0.25) is 0 Å². The highest BCUT2D eigenvalue weighted by atomic mass is 16.4. The van der Waals surface area contributed by atoms with Gasteiger partial charge in [-0.1, -0.05) is 26.0 Å². The lowest BCUT2D eigenvalue weighted by molar-refractivity contribution is -0.147. The van der Waals surface area contributed by atoms with Gasteiger partial charge in [0, 0.05) is 13.2 Å². The maximum atomic E-state index is 12.4. The summed E-state index contributed by atoms with van der Waals surface area (Å²) in [5.41, 5.74) is -0.0927. The van der Waals surface area contributed by atoms with Gasteiger partial charge in [-0.2, -0.15) is 0 Å². The molecule has 0 aromatic rings. The van der Waals surface area contributed by atoms with Crippen molar-refractivity contribution in [3.05, 3.63) is 12.2 Å². The lowest BCUT2D eigenvalue weighted by Crippen LogP contribution is -2.43. The average molecular weight is 295 g/mol. The molecular formula is C16H25NO4. The number of rotatable bonds is 7. The Morgan fingerprint density at radius 3 is 2.43 bits per heavy atom. The summed E-state index contributed by atoms with van der Waals surface area (Å²) in [6.45, 7) is 4.74. The van der Waals surface area contributed by atoms with Gasteiger partial charge in [0.2, 0.25) is 5.91 Å². The number of aliphatic hydroxyl groups excluding tert-OH is 1. The smallest absolute Gasteiger partial charge is 0.307 e. The van der Waals surface area contributed by atoms with Gasteiger partial charge in [-0.3, -0.25) is 9.59 Å². The minimum atomic E-state index is -0.869. The molecule has 2 bridgehead atoms. The number of hydrogen-bond acceptors (Lipinski definition) is 3. The van der Waals surface area contributed by atoms with Crippen molar-refractivity contribution in [1.29, 1.82) is 0 Å². The molecule has 1 fully saturated rings. The van der Waals surface area contributed by atoms with Crippen molar-refractivity contribution in [2.45, 2.75) is 33.1 Å². The summed E-state index contributed by atoms with van der Waals surface area (Å²) >= 11 is 0. The van der Waals surface area contributed by atoms with Crippen molar-refractivity contribution < 1.29 is 19.8 Å². The molecule has 0 spiro atoms. The molecule has 3 N–H and O–H groups in total. The Balaban J connectivity index is 1.94. The largest absolute Gasteiger partial charge is 0.481 e. The van der Waals surface area contributed by atoms with E-state index in [0.717, 1.165) is 12.8 Å². The van der Waals surface area contributed by atoms with Crippen molar-refractivity contribution in [2.24, 2.45) is 29.1 Å². The molecule has 5 heteroatoms. The van der Waals surface area contributed by atoms with Gasteiger partial charge in [0.15, 0.2) is 0 Å². The maximum absolute atomic E-state index is 12.4. The van der Waals surface area contributed by atoms with Crippen LogP contribution in [-0.2, 0) is 9.59 Å². The molecule has 0 heterocycles. The molecule has 0 saturated heterocycles. The zero-order valence-electron chi connectivity index (χ0n) is 12.7. The Bertz CT molecular complexity index is 444. The predicted octanol–water partition coefficient (Wildman–Crippen LogP) is 1.42. The van der Waals surface area contributed by atoms with E-state index in [4.69, 9.17) is 5.11 Å². The molecule has 2 unspecified atom stereocenters. The van der Waals surface area contributed by atoms with Gasteiger partial charge in [-0.25, -0.2) is 0 Å². The molecule has 0 radical (unpaired) electrons. The summed E-state index contributed by atoms with van der Waals surface area (Å²) in [6, 6.07) is 0. The fraction of sp³-hybridized carbons (Fsp3) is 0.750. The fourth-order valence-corrected chi connectivity index (χ4v) is 3.61. The second kappa shape index (κ2) is 6.18. The van der Waals surface area contributed by atoms with Crippen molar-refractivity contribution in [3.8, 4) is 0 Å². The quantitative estimate of drug-likeness (QED) is 0.620. The number of aliphatic hydroxyl groups is 1. The van der Waals surface area contributed by atoms with Crippen LogP contribution >= 0.6 is 0 Å². The molecule has 21 heavy (non-hydrogen) atoms. The predicted molar refractivity (Wildman–Crippen MR) is 78.5 cm³/mol. The topological polar surface area (TPSA) is 86.6 Å². The molecule has 1 amide bonds. The first-order chi connectivity index (χ1) is 9.85. The van der Waals surface area contributed by atoms with Crippen molar-refractivity contribution in [3.63, 3.8) is 0 Å². The summed E-state index contributed by atoms with van der Waals surface area (Å²) in [5.74, 6) is -1.96. The van der Waals surface area contributed by atoms with E-state index < -0.39 is 17.8 Å². The molecule has 2 aliphatic rings. The fourth-order valence-electron chi connectivity index (χ4n) is 3.61. The van der Waals surface area contributed by atoms with Crippen LogP contribution in [0.15, 0.2) is 12.2 Å². The highest BCUT2D eigenvalue weighted by molar-refractivity contribution is 5.86. The van der Waals surface area contributed by atoms with Crippen LogP contribution < -0.4 is 5.32 Å². The third kappa shape index (κ3) is 3.46. The zero-order chi connectivity index (χ0) is 15.6. The molecule has 0 aliphatic heterocycles. The van der Waals surface area contributed by atoms with Gasteiger partial charge < -0.3 is 15.5 Å². The van der Waals surface area contributed by atoms with Gasteiger partial charge in [-0.15, -0.1) is 0 Å². The number of carbonyl (C=O) groups excluding carboxylic acids is 1. The third-order valence-corrected chi connectivity index (χ3v) is 4.80. The van der Waals surface area contributed by atoms with Crippen LogP contribution in [0.3, 0.4) is 0 Å². The number of carboxylic acids is 1. The molecule has 1 saturated carbocycles. The van der Waals surface area contributed by atoms with Crippen LogP contribution in [0.4, 0.5) is 0 Å². The standard InChI is InChI=1S/C16H25NO4/c1-16(2,6-3-7-18)9-17-14(19)12-10-4-5-11(8-10)13(12)15(20)21/h4-5,10-13,18H,3,6-9H2,1-2H3,(H,17,19)(H,20,21)/t10?,11?,12-,13+/m0/s1. The van der Waals surface area contributed by atoms with E-state index in [1.165, 1.54) is 0 Å². The van der Waals surface area contributed by atoms with Gasteiger partial charge >= 0.3 is 5.97 Å². The number of carboxylic acid groups (broad SMARTS) is 1. The molecule has 118 valence electrons. The van der Waals surface area contributed by atoms with E-state index in [9.17, 15) is 14.7 Å². The van der Waals surface area contributed by atoms with E-state index in [1.54, 1.807) is 0 Å². The first kappa shape index (κ1) is 16.0. The van der Waals surface area contributed by atoms with E-state index in [1.807, 2.05) is 26.0 Å². The number of amides is 1. The van der Waals surface area contributed by atoms with Gasteiger partial charge in [0.05, 0.1) is 11.8 Å². The Hall–Kier alpha value is -1.36. The average Bonchev–Trinajstić information content (AvgIpc) is 3.03. The zero-order valence-corrected chi connectivity index (χ0v) is 12.7. The second-order valence-electron chi connectivity index (χ2n) is 7.05. The van der Waals surface area contributed by atoms with E-state index in [2.05, 4.69) is 5.32 Å². The van der Waals surface area contributed by atoms with Crippen LogP contribution in [-0.4, -0.2) is 35.2 Å². The first-order valence-corrected chi connectivity index (χ1v) is 7.65. The Labute approximate surface area is 125 Å². The third-order valence-electron chi connectivity index (χ3n) is 4.80. The first-order valence-electron chi connectivity index (χ1n) is 7.65. The molecule has 0 aromatic heterocycles. The van der Waals surface area contributed by atoms with E-state index >= 15 is 0 Å². The van der Waals surface area contributed by atoms with Gasteiger partial charge in [0.25, 0.3) is 0 Å². The summed E-state index contributed by atoms with van der Waals surface area (Å²) in [6.07, 6.45) is 6.24. The van der Waals surface area contributed by atoms with Crippen LogP contribution in [0.25, 0.3) is 0 Å². The number of hydrogen-bond donors (Lipinski definition) is 3. The Morgan fingerprint density at radius 1 is 1.24 bits per heavy atom. The number of nitrogens with one attached hydrogen (secondary N) is 1. The lowest BCUT2D eigenvalue weighted by Gasteiger charge is -2.28. The highest BCUT2D eigenvalue weighted by Crippen LogP contribution is 2.48. The van der Waals surface area contributed by atoms with E-state index in [-0.39, 0.29) is 29.8 Å². The van der Waals surface area contributed by atoms with Gasteiger partial charge in [0.1, 0.15) is 0 Å². The van der Waals surface area contributed by atoms with Crippen LogP contribution in [0.1, 0.15) is 33.1 Å². The van der Waals surface area contributed by atoms with E-state index in [0.29, 0.717) is 13.0 Å². The van der Waals surface area contributed by atoms with Gasteiger partial charge in [-0.05, 0) is 36.5 Å². The normalized spacial score (nSPS) is 30.6. The molecule has 4 atom stereocenters. The summed E-state index contributed by atoms with van der Waals surface area (Å²) < 4.78 is 0. The van der Waals surface area contributed by atoms with Crippen LogP contribution in [0, 0.1) is 29.1 Å². The van der Waals surface area contributed by atoms with Crippen molar-refractivity contribution >= 4 is 11.9 Å². The monoisotopic (exact) mass is 295 g/mol. The molecule has 2 rings (SSSR count). The number of carbonyl (C=O) groups is 2. The summed E-state index contributed by atoms with van der Waals surface area (Å²) in [5, 5.41) is 21.2. The minimum absolute atomic E-state index is 0.00523. The number of fused-ring (bicyclic) bond motifs is 2. The van der Waals surface area contributed by atoms with Crippen LogP contribution in [0.5, 0.6) is 0 Å². The SMILES string of the molecule is CC(C)(CCCO)CNC(=O)[C@H]1C2C=CC(C2)[C@H]1C(=O)O. The highest BCUT2D eigenvalue weighted by Gasteiger charge is 2.51. The Kier molecular flexibility index (Phi) is 4.71. The molecule has 5 nitrogen and oxygen atoms in total.